The van der Waals surface area contributed by atoms with E-state index in [1.165, 1.54) is 41.3 Å². The maximum Gasteiger partial charge on any atom is 0.232 e. The quantitative estimate of drug-likeness (QED) is 0.847. The van der Waals surface area contributed by atoms with Crippen LogP contribution < -0.4 is 4.74 Å². The van der Waals surface area contributed by atoms with Crippen LogP contribution in [0.3, 0.4) is 0 Å². The molecule has 0 bridgehead atoms. The van der Waals surface area contributed by atoms with Crippen LogP contribution in [0.5, 0.6) is 5.88 Å². The van der Waals surface area contributed by atoms with E-state index in [0.29, 0.717) is 11.8 Å². The number of hydrogen-bond donors (Lipinski definition) is 0. The molecule has 2 aromatic rings. The van der Waals surface area contributed by atoms with Crippen molar-refractivity contribution in [3.05, 3.63) is 34.2 Å². The third-order valence-electron chi connectivity index (χ3n) is 4.38. The topological polar surface area (TPSA) is 51.1 Å². The SMILES string of the molecule is c1cnc(OCC2CCN(Cc3nc4c(s3)CCC4)C2)cn1. The minimum atomic E-state index is 0.578. The molecule has 1 fully saturated rings. The van der Waals surface area contributed by atoms with Crippen molar-refractivity contribution in [3.8, 4) is 5.88 Å². The normalized spacial score (nSPS) is 21.2. The van der Waals surface area contributed by atoms with Crippen molar-refractivity contribution in [2.45, 2.75) is 32.2 Å². The number of hydrogen-bond acceptors (Lipinski definition) is 6. The van der Waals surface area contributed by atoms with Crippen molar-refractivity contribution in [1.82, 2.24) is 19.9 Å². The molecular formula is C16H20N4OS. The molecule has 1 saturated heterocycles. The molecule has 0 aromatic carbocycles. The Labute approximate surface area is 134 Å². The third kappa shape index (κ3) is 3.13. The highest BCUT2D eigenvalue weighted by Gasteiger charge is 2.25. The van der Waals surface area contributed by atoms with Crippen LogP contribution in [0.4, 0.5) is 0 Å². The molecule has 22 heavy (non-hydrogen) atoms. The zero-order valence-corrected chi connectivity index (χ0v) is 13.4. The van der Waals surface area contributed by atoms with E-state index in [-0.39, 0.29) is 0 Å². The molecule has 0 spiro atoms. The van der Waals surface area contributed by atoms with Crippen molar-refractivity contribution in [1.29, 1.82) is 0 Å². The molecule has 0 amide bonds. The minimum Gasteiger partial charge on any atom is -0.476 e. The maximum atomic E-state index is 5.72. The second-order valence-electron chi connectivity index (χ2n) is 6.08. The van der Waals surface area contributed by atoms with Crippen LogP contribution in [0, 0.1) is 5.92 Å². The maximum absolute atomic E-state index is 5.72. The summed E-state index contributed by atoms with van der Waals surface area (Å²) in [4.78, 5) is 17.0. The van der Waals surface area contributed by atoms with E-state index in [4.69, 9.17) is 9.72 Å². The van der Waals surface area contributed by atoms with E-state index in [0.717, 1.165) is 26.2 Å². The number of aryl methyl sites for hydroxylation is 2. The van der Waals surface area contributed by atoms with Gasteiger partial charge in [0, 0.05) is 29.7 Å². The van der Waals surface area contributed by atoms with Crippen molar-refractivity contribution in [2.75, 3.05) is 19.7 Å². The Bertz CT molecular complexity index is 609. The smallest absolute Gasteiger partial charge is 0.232 e. The molecular weight excluding hydrogens is 296 g/mol. The van der Waals surface area contributed by atoms with Crippen molar-refractivity contribution < 1.29 is 4.74 Å². The molecule has 1 aliphatic carbocycles. The fourth-order valence-electron chi connectivity index (χ4n) is 3.26. The van der Waals surface area contributed by atoms with E-state index in [9.17, 15) is 0 Å². The molecule has 3 heterocycles. The summed E-state index contributed by atoms with van der Waals surface area (Å²) in [5.74, 6) is 1.20. The van der Waals surface area contributed by atoms with Gasteiger partial charge in [0.05, 0.1) is 25.0 Å². The summed E-state index contributed by atoms with van der Waals surface area (Å²) in [5.41, 5.74) is 1.36. The van der Waals surface area contributed by atoms with E-state index in [2.05, 4.69) is 14.9 Å². The van der Waals surface area contributed by atoms with Gasteiger partial charge in [-0.15, -0.1) is 11.3 Å². The van der Waals surface area contributed by atoms with Gasteiger partial charge in [0.1, 0.15) is 5.01 Å². The molecule has 6 heteroatoms. The molecule has 5 nitrogen and oxygen atoms in total. The van der Waals surface area contributed by atoms with Crippen LogP contribution >= 0.6 is 11.3 Å². The Hall–Kier alpha value is -1.53. The van der Waals surface area contributed by atoms with Crippen LogP contribution in [0.1, 0.15) is 28.4 Å². The Kier molecular flexibility index (Phi) is 4.03. The lowest BCUT2D eigenvalue weighted by atomic mass is 10.1. The number of likely N-dealkylation sites (tertiary alicyclic amines) is 1. The van der Waals surface area contributed by atoms with E-state index in [1.54, 1.807) is 18.6 Å². The molecule has 2 aromatic heterocycles. The van der Waals surface area contributed by atoms with Crippen LogP contribution in [0.25, 0.3) is 0 Å². The Morgan fingerprint density at radius 3 is 3.18 bits per heavy atom. The molecule has 1 aliphatic heterocycles. The van der Waals surface area contributed by atoms with Gasteiger partial charge in [-0.1, -0.05) is 0 Å². The summed E-state index contributed by atoms with van der Waals surface area (Å²) in [6.07, 6.45) is 9.89. The predicted octanol–water partition coefficient (Wildman–Crippen LogP) is 2.32. The zero-order valence-electron chi connectivity index (χ0n) is 12.6. The van der Waals surface area contributed by atoms with E-state index in [1.807, 2.05) is 11.3 Å². The number of fused-ring (bicyclic) bond motifs is 1. The molecule has 4 rings (SSSR count). The second kappa shape index (κ2) is 6.30. The van der Waals surface area contributed by atoms with Crippen LogP contribution in [-0.4, -0.2) is 39.5 Å². The summed E-state index contributed by atoms with van der Waals surface area (Å²) >= 11 is 1.92. The Morgan fingerprint density at radius 2 is 2.32 bits per heavy atom. The first-order valence-corrected chi connectivity index (χ1v) is 8.77. The molecule has 2 aliphatic rings. The third-order valence-corrected chi connectivity index (χ3v) is 5.52. The lowest BCUT2D eigenvalue weighted by molar-refractivity contribution is 0.231. The second-order valence-corrected chi connectivity index (χ2v) is 7.24. The van der Waals surface area contributed by atoms with Gasteiger partial charge < -0.3 is 4.74 Å². The van der Waals surface area contributed by atoms with Crippen LogP contribution in [0.15, 0.2) is 18.6 Å². The predicted molar refractivity (Wildman–Crippen MR) is 85.1 cm³/mol. The first-order valence-electron chi connectivity index (χ1n) is 7.95. The van der Waals surface area contributed by atoms with Gasteiger partial charge in [-0.3, -0.25) is 9.88 Å². The van der Waals surface area contributed by atoms with Gasteiger partial charge in [0.25, 0.3) is 0 Å². The first-order chi connectivity index (χ1) is 10.9. The van der Waals surface area contributed by atoms with Gasteiger partial charge in [-0.2, -0.15) is 0 Å². The molecule has 1 unspecified atom stereocenters. The number of ether oxygens (including phenoxy) is 1. The highest BCUT2D eigenvalue weighted by molar-refractivity contribution is 7.11. The lowest BCUT2D eigenvalue weighted by Gasteiger charge is -2.14. The Balaban J connectivity index is 1.27. The molecule has 0 N–H and O–H groups in total. The van der Waals surface area contributed by atoms with Gasteiger partial charge in [0.2, 0.25) is 5.88 Å². The van der Waals surface area contributed by atoms with E-state index < -0.39 is 0 Å². The average molecular weight is 316 g/mol. The molecule has 0 radical (unpaired) electrons. The van der Waals surface area contributed by atoms with Gasteiger partial charge in [-0.05, 0) is 32.2 Å². The van der Waals surface area contributed by atoms with Crippen LogP contribution in [-0.2, 0) is 19.4 Å². The highest BCUT2D eigenvalue weighted by Crippen LogP contribution is 2.29. The number of aromatic nitrogens is 3. The fraction of sp³-hybridized carbons (Fsp3) is 0.562. The van der Waals surface area contributed by atoms with Gasteiger partial charge in [-0.25, -0.2) is 9.97 Å². The summed E-state index contributed by atoms with van der Waals surface area (Å²) in [6, 6.07) is 0. The monoisotopic (exact) mass is 316 g/mol. The first kappa shape index (κ1) is 14.1. The average Bonchev–Trinajstić information content (AvgIpc) is 3.23. The van der Waals surface area contributed by atoms with Gasteiger partial charge in [0.15, 0.2) is 0 Å². The van der Waals surface area contributed by atoms with Crippen LogP contribution in [0.2, 0.25) is 0 Å². The highest BCUT2D eigenvalue weighted by atomic mass is 32.1. The van der Waals surface area contributed by atoms with Crippen molar-refractivity contribution in [3.63, 3.8) is 0 Å². The van der Waals surface area contributed by atoms with Crippen molar-refractivity contribution >= 4 is 11.3 Å². The number of thiazole rings is 1. The minimum absolute atomic E-state index is 0.578. The van der Waals surface area contributed by atoms with Crippen molar-refractivity contribution in [2.24, 2.45) is 5.92 Å². The lowest BCUT2D eigenvalue weighted by Crippen LogP contribution is -2.22. The van der Waals surface area contributed by atoms with E-state index >= 15 is 0 Å². The summed E-state index contributed by atoms with van der Waals surface area (Å²) in [7, 11) is 0. The molecule has 116 valence electrons. The standard InChI is InChI=1S/C16H20N4OS/c1-2-13-14(3-1)22-16(19-13)10-20-7-4-12(9-20)11-21-15-8-17-5-6-18-15/h5-6,8,12H,1-4,7,9-11H2. The fourth-order valence-corrected chi connectivity index (χ4v) is 4.46. The molecule has 1 atom stereocenters. The number of rotatable bonds is 5. The Morgan fingerprint density at radius 1 is 1.32 bits per heavy atom. The summed E-state index contributed by atoms with van der Waals surface area (Å²) in [5, 5.41) is 1.29. The summed E-state index contributed by atoms with van der Waals surface area (Å²) < 4.78 is 5.72. The largest absolute Gasteiger partial charge is 0.476 e. The number of nitrogens with zero attached hydrogens (tertiary/aromatic N) is 4. The molecule has 0 saturated carbocycles. The van der Waals surface area contributed by atoms with Gasteiger partial charge >= 0.3 is 0 Å². The summed E-state index contributed by atoms with van der Waals surface area (Å²) in [6.45, 7) is 3.95. The zero-order chi connectivity index (χ0) is 14.8.